The van der Waals surface area contributed by atoms with Crippen LogP contribution in [0.1, 0.15) is 27.3 Å². The van der Waals surface area contributed by atoms with Crippen LogP contribution in [0.4, 0.5) is 0 Å². The molecule has 0 unspecified atom stereocenters. The van der Waals surface area contributed by atoms with Crippen molar-refractivity contribution < 1.29 is 4.79 Å². The van der Waals surface area contributed by atoms with Gasteiger partial charge in [-0.25, -0.2) is 9.67 Å². The lowest BCUT2D eigenvalue weighted by atomic mass is 10.2. The Morgan fingerprint density at radius 3 is 2.47 bits per heavy atom. The number of rotatable bonds is 3. The molecule has 0 aliphatic carbocycles. The smallest absolute Gasteiger partial charge is 0.274 e. The highest BCUT2D eigenvalue weighted by Gasteiger charge is 2.32. The second-order valence-electron chi connectivity index (χ2n) is 7.94. The van der Waals surface area contributed by atoms with E-state index in [4.69, 9.17) is 5.10 Å². The van der Waals surface area contributed by atoms with Gasteiger partial charge in [0, 0.05) is 18.0 Å². The number of hydrogen-bond donors (Lipinski definition) is 0. The Morgan fingerprint density at radius 1 is 0.906 bits per heavy atom. The summed E-state index contributed by atoms with van der Waals surface area (Å²) in [5.41, 5.74) is 5.96. The topological polar surface area (TPSA) is 68.8 Å². The van der Waals surface area contributed by atoms with Crippen molar-refractivity contribution in [3.05, 3.63) is 102 Å². The van der Waals surface area contributed by atoms with Gasteiger partial charge < -0.3 is 9.47 Å². The highest BCUT2D eigenvalue weighted by molar-refractivity contribution is 5.94. The van der Waals surface area contributed by atoms with Crippen molar-refractivity contribution in [2.75, 3.05) is 0 Å². The lowest BCUT2D eigenvalue weighted by Gasteiger charge is -2.17. The summed E-state index contributed by atoms with van der Waals surface area (Å²) in [7, 11) is 0. The quantitative estimate of drug-likeness (QED) is 0.441. The van der Waals surface area contributed by atoms with Crippen LogP contribution in [0.2, 0.25) is 0 Å². The molecule has 6 rings (SSSR count). The number of hydrogen-bond acceptors (Lipinski definition) is 4. The lowest BCUT2D eigenvalue weighted by Crippen LogP contribution is -2.27. The fraction of sp³-hybridized carbons (Fsp3) is 0.120. The van der Waals surface area contributed by atoms with Crippen LogP contribution in [0.25, 0.3) is 22.5 Å². The van der Waals surface area contributed by atoms with E-state index < -0.39 is 0 Å². The van der Waals surface area contributed by atoms with Crippen molar-refractivity contribution >= 4 is 16.9 Å². The highest BCUT2D eigenvalue weighted by Crippen LogP contribution is 2.32. The molecule has 0 saturated carbocycles. The lowest BCUT2D eigenvalue weighted by molar-refractivity contribution is 0.0743. The molecule has 0 bridgehead atoms. The van der Waals surface area contributed by atoms with Crippen LogP contribution in [-0.4, -0.2) is 35.1 Å². The first-order valence-corrected chi connectivity index (χ1v) is 10.5. The molecule has 1 aliphatic rings. The number of benzene rings is 2. The fourth-order valence-corrected chi connectivity index (χ4v) is 4.28. The predicted octanol–water partition coefficient (Wildman–Crippen LogP) is 4.07. The minimum absolute atomic E-state index is 0.137. The summed E-state index contributed by atoms with van der Waals surface area (Å²) in [5, 5.41) is 4.92. The summed E-state index contributed by atoms with van der Waals surface area (Å²) in [4.78, 5) is 24.0. The maximum Gasteiger partial charge on any atom is 0.274 e. The Bertz CT molecular complexity index is 1470. The summed E-state index contributed by atoms with van der Waals surface area (Å²) in [6.07, 6.45) is 5.57. The van der Waals surface area contributed by atoms with Crippen LogP contribution in [0.5, 0.6) is 0 Å². The molecule has 0 atom stereocenters. The molecule has 0 spiro atoms. The van der Waals surface area contributed by atoms with Crippen molar-refractivity contribution in [2.45, 2.75) is 20.0 Å². The zero-order valence-electron chi connectivity index (χ0n) is 17.5. The van der Waals surface area contributed by atoms with Crippen molar-refractivity contribution in [2.24, 2.45) is 0 Å². The number of carbonyl (C=O) groups is 1. The third kappa shape index (κ3) is 2.90. The van der Waals surface area contributed by atoms with E-state index in [2.05, 4.69) is 33.6 Å². The number of aromatic nitrogens is 5. The molecule has 1 amide bonds. The van der Waals surface area contributed by atoms with Crippen molar-refractivity contribution in [3.8, 4) is 11.5 Å². The van der Waals surface area contributed by atoms with Gasteiger partial charge >= 0.3 is 0 Å². The van der Waals surface area contributed by atoms with Gasteiger partial charge in [0.2, 0.25) is 0 Å². The second-order valence-corrected chi connectivity index (χ2v) is 7.94. The van der Waals surface area contributed by atoms with Gasteiger partial charge in [0.1, 0.15) is 11.5 Å². The highest BCUT2D eigenvalue weighted by atomic mass is 16.2. The van der Waals surface area contributed by atoms with E-state index in [-0.39, 0.29) is 5.91 Å². The molecule has 1 aliphatic heterocycles. The molecule has 2 aromatic carbocycles. The Balaban J connectivity index is 1.39. The number of carbonyl (C=O) groups excluding carboxylic acids is 1. The molecule has 0 fully saturated rings. The number of aryl methyl sites for hydroxylation is 1. The SMILES string of the molecule is Cc1ccccc1-n1nc2c(c1-n1cccc1)CN(C(=O)c1cnc3ccccc3n1)C2. The van der Waals surface area contributed by atoms with Gasteiger partial charge in [0.25, 0.3) is 5.91 Å². The summed E-state index contributed by atoms with van der Waals surface area (Å²) >= 11 is 0. The predicted molar refractivity (Wildman–Crippen MR) is 121 cm³/mol. The van der Waals surface area contributed by atoms with E-state index in [1.807, 2.05) is 65.6 Å². The Kier molecular flexibility index (Phi) is 4.14. The minimum Gasteiger partial charge on any atom is -0.327 e. The van der Waals surface area contributed by atoms with Crippen LogP contribution < -0.4 is 0 Å². The van der Waals surface area contributed by atoms with Gasteiger partial charge in [-0.2, -0.15) is 5.10 Å². The van der Waals surface area contributed by atoms with E-state index in [0.29, 0.717) is 24.3 Å². The van der Waals surface area contributed by atoms with Gasteiger partial charge in [-0.1, -0.05) is 30.3 Å². The molecule has 0 saturated heterocycles. The molecular formula is C25H20N6O. The van der Waals surface area contributed by atoms with Gasteiger partial charge in [0.15, 0.2) is 0 Å². The molecule has 7 nitrogen and oxygen atoms in total. The maximum absolute atomic E-state index is 13.2. The normalized spacial score (nSPS) is 13.0. The summed E-state index contributed by atoms with van der Waals surface area (Å²) in [5.74, 6) is 0.821. The molecule has 0 radical (unpaired) electrons. The Hall–Kier alpha value is -4.26. The van der Waals surface area contributed by atoms with E-state index in [0.717, 1.165) is 33.8 Å². The van der Waals surface area contributed by atoms with E-state index >= 15 is 0 Å². The van der Waals surface area contributed by atoms with E-state index in [1.165, 1.54) is 0 Å². The van der Waals surface area contributed by atoms with Crippen LogP contribution >= 0.6 is 0 Å². The average molecular weight is 420 g/mol. The monoisotopic (exact) mass is 420 g/mol. The van der Waals surface area contributed by atoms with Crippen molar-refractivity contribution in [1.29, 1.82) is 0 Å². The Morgan fingerprint density at radius 2 is 1.66 bits per heavy atom. The second kappa shape index (κ2) is 7.16. The molecule has 3 aromatic heterocycles. The first-order chi connectivity index (χ1) is 15.7. The van der Waals surface area contributed by atoms with E-state index in [9.17, 15) is 4.79 Å². The van der Waals surface area contributed by atoms with Crippen LogP contribution in [0.15, 0.2) is 79.3 Å². The number of fused-ring (bicyclic) bond motifs is 2. The molecule has 0 N–H and O–H groups in total. The molecule has 4 heterocycles. The molecule has 7 heteroatoms. The standard InChI is InChI=1S/C25H20N6O/c1-17-8-2-5-11-23(17)31-24(29-12-6-7-13-29)18-15-30(16-22(18)28-31)25(32)21-14-26-19-9-3-4-10-20(19)27-21/h2-14H,15-16H2,1H3. The third-order valence-electron chi connectivity index (χ3n) is 5.88. The van der Waals surface area contributed by atoms with Crippen molar-refractivity contribution in [3.63, 3.8) is 0 Å². The third-order valence-corrected chi connectivity index (χ3v) is 5.88. The molecule has 5 aromatic rings. The summed E-state index contributed by atoms with van der Waals surface area (Å²) < 4.78 is 4.04. The zero-order chi connectivity index (χ0) is 21.7. The molecule has 156 valence electrons. The molecular weight excluding hydrogens is 400 g/mol. The van der Waals surface area contributed by atoms with Crippen LogP contribution in [0.3, 0.4) is 0 Å². The molecule has 32 heavy (non-hydrogen) atoms. The minimum atomic E-state index is -0.137. The van der Waals surface area contributed by atoms with Crippen LogP contribution in [-0.2, 0) is 13.1 Å². The first-order valence-electron chi connectivity index (χ1n) is 10.5. The largest absolute Gasteiger partial charge is 0.327 e. The number of amides is 1. The van der Waals surface area contributed by atoms with Crippen molar-refractivity contribution in [1.82, 2.24) is 29.2 Å². The number of para-hydroxylation sites is 3. The summed E-state index contributed by atoms with van der Waals surface area (Å²) in [6.45, 7) is 2.99. The van der Waals surface area contributed by atoms with Gasteiger partial charge in [-0.15, -0.1) is 0 Å². The summed E-state index contributed by atoms with van der Waals surface area (Å²) in [6, 6.07) is 19.7. The van der Waals surface area contributed by atoms with Gasteiger partial charge in [-0.05, 0) is 42.8 Å². The van der Waals surface area contributed by atoms with Crippen LogP contribution in [0, 0.1) is 6.92 Å². The van der Waals surface area contributed by atoms with Gasteiger partial charge in [0.05, 0.1) is 41.7 Å². The first kappa shape index (κ1) is 18.5. The average Bonchev–Trinajstić information content (AvgIpc) is 3.55. The Labute approximate surface area is 184 Å². The van der Waals surface area contributed by atoms with E-state index in [1.54, 1.807) is 11.1 Å². The number of nitrogens with zero attached hydrogens (tertiary/aromatic N) is 6. The fourth-order valence-electron chi connectivity index (χ4n) is 4.28. The van der Waals surface area contributed by atoms with Gasteiger partial charge in [-0.3, -0.25) is 9.78 Å². The maximum atomic E-state index is 13.2. The zero-order valence-corrected chi connectivity index (χ0v) is 17.5.